The van der Waals surface area contributed by atoms with Crippen LogP contribution in [0.4, 0.5) is 13.2 Å². The van der Waals surface area contributed by atoms with Crippen molar-refractivity contribution < 1.29 is 13.2 Å². The Hall–Kier alpha value is 0.130. The average molecular weight is 306 g/mol. The summed E-state index contributed by atoms with van der Waals surface area (Å²) < 4.78 is 37.3. The van der Waals surface area contributed by atoms with E-state index >= 15 is 0 Å². The van der Waals surface area contributed by atoms with Gasteiger partial charge in [0.15, 0.2) is 0 Å². The minimum Gasteiger partial charge on any atom is -0.166 e. The van der Waals surface area contributed by atoms with Crippen molar-refractivity contribution in [1.29, 1.82) is 0 Å². The minimum absolute atomic E-state index is 0.110. The Morgan fingerprint density at radius 1 is 1.36 bits per heavy atom. The molecule has 0 aromatic heterocycles. The number of hydrogen-bond acceptors (Lipinski definition) is 1. The first-order valence-corrected chi connectivity index (χ1v) is 5.86. The van der Waals surface area contributed by atoms with Gasteiger partial charge in [-0.1, -0.05) is 11.6 Å². The molecule has 0 spiro atoms. The van der Waals surface area contributed by atoms with Gasteiger partial charge in [0.1, 0.15) is 0 Å². The van der Waals surface area contributed by atoms with E-state index in [9.17, 15) is 13.2 Å². The zero-order chi connectivity index (χ0) is 10.9. The maximum absolute atomic E-state index is 12.3. The van der Waals surface area contributed by atoms with Crippen molar-refractivity contribution in [3.05, 3.63) is 27.2 Å². The van der Waals surface area contributed by atoms with Crippen molar-refractivity contribution in [2.45, 2.75) is 11.1 Å². The molecule has 0 aliphatic rings. The first kappa shape index (κ1) is 12.2. The second-order valence-corrected chi connectivity index (χ2v) is 4.55. The smallest absolute Gasteiger partial charge is 0.166 e. The Balaban J connectivity index is 3.28. The lowest BCUT2D eigenvalue weighted by atomic mass is 10.2. The summed E-state index contributed by atoms with van der Waals surface area (Å²) in [6.45, 7) is 0. The van der Waals surface area contributed by atoms with Crippen molar-refractivity contribution in [3.8, 4) is 0 Å². The Morgan fingerprint density at radius 3 is 2.29 bits per heavy atom. The molecule has 1 rings (SSSR count). The molecule has 78 valence electrons. The van der Waals surface area contributed by atoms with E-state index in [0.29, 0.717) is 9.37 Å². The molecule has 1 aromatic rings. The summed E-state index contributed by atoms with van der Waals surface area (Å²) in [7, 11) is 0. The minimum atomic E-state index is -4.36. The van der Waals surface area contributed by atoms with Crippen LogP contribution in [-0.4, -0.2) is 6.26 Å². The van der Waals surface area contributed by atoms with Gasteiger partial charge in [-0.15, -0.1) is 11.8 Å². The maximum Gasteiger partial charge on any atom is 0.416 e. The predicted molar refractivity (Wildman–Crippen MR) is 55.9 cm³/mol. The molecule has 6 heteroatoms. The fourth-order valence-electron chi connectivity index (χ4n) is 0.919. The lowest BCUT2D eigenvalue weighted by Crippen LogP contribution is -2.04. The zero-order valence-electron chi connectivity index (χ0n) is 6.95. The highest BCUT2D eigenvalue weighted by atomic mass is 79.9. The maximum atomic E-state index is 12.3. The van der Waals surface area contributed by atoms with Crippen LogP contribution >= 0.6 is 39.3 Å². The van der Waals surface area contributed by atoms with Gasteiger partial charge in [0, 0.05) is 9.37 Å². The first-order chi connectivity index (χ1) is 6.36. The predicted octanol–water partition coefficient (Wildman–Crippen LogP) is 4.84. The molecule has 0 aliphatic heterocycles. The van der Waals surface area contributed by atoms with Crippen LogP contribution in [0.3, 0.4) is 0 Å². The van der Waals surface area contributed by atoms with Gasteiger partial charge in [-0.25, -0.2) is 0 Å². The van der Waals surface area contributed by atoms with Crippen LogP contribution in [0, 0.1) is 0 Å². The molecule has 1 aromatic carbocycles. The molecule has 0 unspecified atom stereocenters. The summed E-state index contributed by atoms with van der Waals surface area (Å²) in [6, 6.07) is 1.95. The van der Waals surface area contributed by atoms with E-state index in [-0.39, 0.29) is 5.02 Å². The molecule has 0 nitrogen and oxygen atoms in total. The van der Waals surface area contributed by atoms with E-state index in [2.05, 4.69) is 15.9 Å². The molecule has 0 saturated carbocycles. The van der Waals surface area contributed by atoms with E-state index in [0.717, 1.165) is 12.1 Å². The van der Waals surface area contributed by atoms with Crippen LogP contribution < -0.4 is 0 Å². The number of halogens is 5. The van der Waals surface area contributed by atoms with Gasteiger partial charge in [-0.2, -0.15) is 13.2 Å². The lowest BCUT2D eigenvalue weighted by molar-refractivity contribution is -0.137. The molecular weight excluding hydrogens is 301 g/mol. The van der Waals surface area contributed by atoms with Gasteiger partial charge < -0.3 is 0 Å². The molecule has 0 amide bonds. The Bertz CT molecular complexity index is 328. The Labute approximate surface area is 97.0 Å². The SMILES string of the molecule is CSc1c(Cl)cc(C(F)(F)F)cc1Br. The summed E-state index contributed by atoms with van der Waals surface area (Å²) in [5.41, 5.74) is -0.743. The van der Waals surface area contributed by atoms with Crippen LogP contribution in [0.1, 0.15) is 5.56 Å². The quantitative estimate of drug-likeness (QED) is 0.669. The van der Waals surface area contributed by atoms with Gasteiger partial charge in [0.25, 0.3) is 0 Å². The third-order valence-electron chi connectivity index (χ3n) is 1.53. The van der Waals surface area contributed by atoms with Crippen LogP contribution in [0.25, 0.3) is 0 Å². The molecule has 0 heterocycles. The monoisotopic (exact) mass is 304 g/mol. The Morgan fingerprint density at radius 2 is 1.93 bits per heavy atom. The number of thioether (sulfide) groups is 1. The topological polar surface area (TPSA) is 0 Å². The number of benzene rings is 1. The fourth-order valence-corrected chi connectivity index (χ4v) is 2.94. The second-order valence-electron chi connectivity index (χ2n) is 2.47. The molecule has 0 fully saturated rings. The molecular formula is C8H5BrClF3S. The average Bonchev–Trinajstić information content (AvgIpc) is 2.01. The molecule has 0 aliphatic carbocycles. The fraction of sp³-hybridized carbons (Fsp3) is 0.250. The van der Waals surface area contributed by atoms with Crippen molar-refractivity contribution >= 4 is 39.3 Å². The van der Waals surface area contributed by atoms with Gasteiger partial charge in [-0.05, 0) is 34.3 Å². The third kappa shape index (κ3) is 2.58. The normalized spacial score (nSPS) is 11.9. The summed E-state index contributed by atoms with van der Waals surface area (Å²) in [5, 5.41) is 0.110. The van der Waals surface area contributed by atoms with Gasteiger partial charge in [0.05, 0.1) is 10.6 Å². The van der Waals surface area contributed by atoms with Crippen LogP contribution in [0.5, 0.6) is 0 Å². The highest BCUT2D eigenvalue weighted by molar-refractivity contribution is 9.10. The first-order valence-electron chi connectivity index (χ1n) is 3.46. The van der Waals surface area contributed by atoms with E-state index in [4.69, 9.17) is 11.6 Å². The second kappa shape index (κ2) is 4.33. The molecule has 0 N–H and O–H groups in total. The van der Waals surface area contributed by atoms with E-state index in [1.165, 1.54) is 11.8 Å². The molecule has 0 radical (unpaired) electrons. The molecule has 0 saturated heterocycles. The molecule has 0 atom stereocenters. The highest BCUT2D eigenvalue weighted by Crippen LogP contribution is 2.39. The van der Waals surface area contributed by atoms with Crippen LogP contribution in [0.2, 0.25) is 5.02 Å². The standard InChI is InChI=1S/C8H5BrClF3S/c1-14-7-5(9)2-4(3-6(7)10)8(11,12)13/h2-3H,1H3. The van der Waals surface area contributed by atoms with Gasteiger partial charge in [-0.3, -0.25) is 0 Å². The number of rotatable bonds is 1. The summed E-state index contributed by atoms with van der Waals surface area (Å²) in [6.07, 6.45) is -2.61. The summed E-state index contributed by atoms with van der Waals surface area (Å²) in [4.78, 5) is 0.611. The number of hydrogen-bond donors (Lipinski definition) is 0. The molecule has 0 bridgehead atoms. The highest BCUT2D eigenvalue weighted by Gasteiger charge is 2.31. The van der Waals surface area contributed by atoms with Crippen molar-refractivity contribution in [2.24, 2.45) is 0 Å². The zero-order valence-corrected chi connectivity index (χ0v) is 10.1. The van der Waals surface area contributed by atoms with Crippen LogP contribution in [-0.2, 0) is 6.18 Å². The van der Waals surface area contributed by atoms with Gasteiger partial charge >= 0.3 is 6.18 Å². The Kier molecular flexibility index (Phi) is 3.77. The lowest BCUT2D eigenvalue weighted by Gasteiger charge is -2.10. The van der Waals surface area contributed by atoms with Crippen molar-refractivity contribution in [2.75, 3.05) is 6.26 Å². The third-order valence-corrected chi connectivity index (χ3v) is 3.68. The van der Waals surface area contributed by atoms with Gasteiger partial charge in [0.2, 0.25) is 0 Å². The summed E-state index contributed by atoms with van der Waals surface area (Å²) in [5.74, 6) is 0. The molecule has 14 heavy (non-hydrogen) atoms. The van der Waals surface area contributed by atoms with E-state index in [1.54, 1.807) is 6.26 Å². The van der Waals surface area contributed by atoms with Crippen molar-refractivity contribution in [3.63, 3.8) is 0 Å². The van der Waals surface area contributed by atoms with Crippen LogP contribution in [0.15, 0.2) is 21.5 Å². The number of alkyl halides is 3. The van der Waals surface area contributed by atoms with Crippen molar-refractivity contribution in [1.82, 2.24) is 0 Å². The summed E-state index contributed by atoms with van der Waals surface area (Å²) >= 11 is 10.0. The van der Waals surface area contributed by atoms with E-state index < -0.39 is 11.7 Å². The largest absolute Gasteiger partial charge is 0.416 e. The van der Waals surface area contributed by atoms with E-state index in [1.807, 2.05) is 0 Å².